The summed E-state index contributed by atoms with van der Waals surface area (Å²) >= 11 is 3.44. The Bertz CT molecular complexity index is 629. The first-order valence-electron chi connectivity index (χ1n) is 10.3. The van der Waals surface area contributed by atoms with Crippen molar-refractivity contribution in [1.82, 2.24) is 20.4 Å². The number of carbonyl (C=O) groups excluding carboxylic acids is 2. The molecular weight excluding hydrogens is 420 g/mol. The molecule has 0 unspecified atom stereocenters. The predicted molar refractivity (Wildman–Crippen MR) is 116 cm³/mol. The van der Waals surface area contributed by atoms with E-state index in [1.54, 1.807) is 0 Å². The zero-order valence-corrected chi connectivity index (χ0v) is 18.6. The van der Waals surface area contributed by atoms with E-state index in [4.69, 9.17) is 0 Å². The number of benzene rings is 1. The van der Waals surface area contributed by atoms with Gasteiger partial charge in [-0.1, -0.05) is 41.9 Å². The second kappa shape index (κ2) is 12.1. The smallest absolute Gasteiger partial charge is 0.317 e. The average Bonchev–Trinajstić information content (AvgIpc) is 2.72. The van der Waals surface area contributed by atoms with Crippen LogP contribution in [-0.2, 0) is 11.3 Å². The van der Waals surface area contributed by atoms with Crippen molar-refractivity contribution in [2.24, 2.45) is 5.92 Å². The van der Waals surface area contributed by atoms with Crippen molar-refractivity contribution in [3.63, 3.8) is 0 Å². The number of likely N-dealkylation sites (tertiary alicyclic amines) is 1. The van der Waals surface area contributed by atoms with E-state index in [-0.39, 0.29) is 17.9 Å². The largest absolute Gasteiger partial charge is 0.356 e. The number of piperidine rings is 1. The summed E-state index contributed by atoms with van der Waals surface area (Å²) in [6.07, 6.45) is 2.43. The van der Waals surface area contributed by atoms with Crippen molar-refractivity contribution in [2.75, 3.05) is 39.3 Å². The molecule has 0 atom stereocenters. The standard InChI is InChI=1S/C21H33BrN4O2/c1-3-25(4-2)12-6-11-23-20(27)18-9-13-26(14-10-18)21(28)24-16-17-7-5-8-19(22)15-17/h5,7-8,15,18H,3-4,6,9-14,16H2,1-2H3,(H,23,27)(H,24,28). The molecule has 1 aliphatic rings. The molecule has 1 fully saturated rings. The van der Waals surface area contributed by atoms with Crippen LogP contribution in [-0.4, -0.2) is 61.0 Å². The number of amides is 3. The molecule has 1 aromatic carbocycles. The molecule has 2 N–H and O–H groups in total. The lowest BCUT2D eigenvalue weighted by Crippen LogP contribution is -2.46. The lowest BCUT2D eigenvalue weighted by molar-refractivity contribution is -0.126. The van der Waals surface area contributed by atoms with Crippen LogP contribution in [0.4, 0.5) is 4.79 Å². The van der Waals surface area contributed by atoms with E-state index >= 15 is 0 Å². The summed E-state index contributed by atoms with van der Waals surface area (Å²) in [4.78, 5) is 28.9. The summed E-state index contributed by atoms with van der Waals surface area (Å²) in [5, 5.41) is 6.03. The highest BCUT2D eigenvalue weighted by molar-refractivity contribution is 9.10. The normalized spacial score (nSPS) is 14.9. The fraction of sp³-hybridized carbons (Fsp3) is 0.619. The molecule has 156 valence electrons. The number of rotatable bonds is 9. The zero-order valence-electron chi connectivity index (χ0n) is 17.0. The molecule has 0 aromatic heterocycles. The summed E-state index contributed by atoms with van der Waals surface area (Å²) in [5.41, 5.74) is 1.06. The minimum Gasteiger partial charge on any atom is -0.356 e. The number of carbonyl (C=O) groups is 2. The van der Waals surface area contributed by atoms with Gasteiger partial charge in [0.1, 0.15) is 0 Å². The minimum atomic E-state index is -0.0574. The summed E-state index contributed by atoms with van der Waals surface area (Å²) < 4.78 is 1.00. The van der Waals surface area contributed by atoms with Gasteiger partial charge in [-0.3, -0.25) is 4.79 Å². The fourth-order valence-electron chi connectivity index (χ4n) is 3.48. The molecule has 1 aromatic rings. The second-order valence-corrected chi connectivity index (χ2v) is 8.14. The van der Waals surface area contributed by atoms with E-state index in [0.29, 0.717) is 19.6 Å². The third kappa shape index (κ3) is 7.43. The number of hydrogen-bond donors (Lipinski definition) is 2. The average molecular weight is 453 g/mol. The molecule has 1 saturated heterocycles. The SMILES string of the molecule is CCN(CC)CCCNC(=O)C1CCN(C(=O)NCc2cccc(Br)c2)CC1. The van der Waals surface area contributed by atoms with Crippen LogP contribution in [0.25, 0.3) is 0 Å². The molecule has 6 nitrogen and oxygen atoms in total. The van der Waals surface area contributed by atoms with Crippen molar-refractivity contribution in [1.29, 1.82) is 0 Å². The van der Waals surface area contributed by atoms with Gasteiger partial charge in [0, 0.05) is 36.6 Å². The topological polar surface area (TPSA) is 64.7 Å². The van der Waals surface area contributed by atoms with Gasteiger partial charge in [-0.15, -0.1) is 0 Å². The summed E-state index contributed by atoms with van der Waals surface area (Å²) in [5.74, 6) is 0.149. The quantitative estimate of drug-likeness (QED) is 0.565. The van der Waals surface area contributed by atoms with Crippen LogP contribution >= 0.6 is 15.9 Å². The van der Waals surface area contributed by atoms with Crippen molar-refractivity contribution in [3.05, 3.63) is 34.3 Å². The predicted octanol–water partition coefficient (Wildman–Crippen LogP) is 3.22. The maximum absolute atomic E-state index is 12.4. The molecule has 3 amide bonds. The monoisotopic (exact) mass is 452 g/mol. The van der Waals surface area contributed by atoms with E-state index in [9.17, 15) is 9.59 Å². The molecular formula is C21H33BrN4O2. The van der Waals surface area contributed by atoms with E-state index in [1.165, 1.54) is 0 Å². The summed E-state index contributed by atoms with van der Waals surface area (Å²) in [6, 6.07) is 7.85. The van der Waals surface area contributed by atoms with E-state index in [0.717, 1.165) is 55.5 Å². The second-order valence-electron chi connectivity index (χ2n) is 7.22. The zero-order chi connectivity index (χ0) is 20.4. The number of nitrogens with zero attached hydrogens (tertiary/aromatic N) is 2. The summed E-state index contributed by atoms with van der Waals surface area (Å²) in [7, 11) is 0. The van der Waals surface area contributed by atoms with E-state index < -0.39 is 0 Å². The Labute approximate surface area is 177 Å². The lowest BCUT2D eigenvalue weighted by atomic mass is 9.96. The van der Waals surface area contributed by atoms with Gasteiger partial charge in [0.25, 0.3) is 0 Å². The molecule has 28 heavy (non-hydrogen) atoms. The van der Waals surface area contributed by atoms with Gasteiger partial charge >= 0.3 is 6.03 Å². The van der Waals surface area contributed by atoms with Crippen molar-refractivity contribution >= 4 is 27.9 Å². The maximum Gasteiger partial charge on any atom is 0.317 e. The molecule has 0 saturated carbocycles. The number of hydrogen-bond acceptors (Lipinski definition) is 3. The van der Waals surface area contributed by atoms with Gasteiger partial charge in [0.2, 0.25) is 5.91 Å². The minimum absolute atomic E-state index is 0.0163. The highest BCUT2D eigenvalue weighted by Gasteiger charge is 2.27. The Hall–Kier alpha value is -1.60. The van der Waals surface area contributed by atoms with Gasteiger partial charge < -0.3 is 20.4 Å². The van der Waals surface area contributed by atoms with Gasteiger partial charge in [-0.2, -0.15) is 0 Å². The summed E-state index contributed by atoms with van der Waals surface area (Å²) in [6.45, 7) is 9.91. The van der Waals surface area contributed by atoms with Crippen molar-refractivity contribution in [2.45, 2.75) is 39.7 Å². The van der Waals surface area contributed by atoms with Crippen molar-refractivity contribution < 1.29 is 9.59 Å². The molecule has 2 rings (SSSR count). The molecule has 1 aliphatic heterocycles. The van der Waals surface area contributed by atoms with Gasteiger partial charge in [-0.25, -0.2) is 4.79 Å². The fourth-order valence-corrected chi connectivity index (χ4v) is 3.93. The Kier molecular flexibility index (Phi) is 9.78. The number of halogens is 1. The van der Waals surface area contributed by atoms with E-state index in [2.05, 4.69) is 45.3 Å². The maximum atomic E-state index is 12.4. The molecule has 0 radical (unpaired) electrons. The third-order valence-electron chi connectivity index (χ3n) is 5.33. The molecule has 1 heterocycles. The molecule has 0 spiro atoms. The Morgan fingerprint density at radius 3 is 2.54 bits per heavy atom. The van der Waals surface area contributed by atoms with Crippen LogP contribution in [0.3, 0.4) is 0 Å². The van der Waals surface area contributed by atoms with Crippen LogP contribution in [0.15, 0.2) is 28.7 Å². The van der Waals surface area contributed by atoms with Gasteiger partial charge in [-0.05, 0) is 56.6 Å². The van der Waals surface area contributed by atoms with Crippen LogP contribution in [0.2, 0.25) is 0 Å². The first kappa shape index (κ1) is 22.7. The van der Waals surface area contributed by atoms with Crippen molar-refractivity contribution in [3.8, 4) is 0 Å². The lowest BCUT2D eigenvalue weighted by Gasteiger charge is -2.31. The van der Waals surface area contributed by atoms with Gasteiger partial charge in [0.15, 0.2) is 0 Å². The Morgan fingerprint density at radius 2 is 1.89 bits per heavy atom. The van der Waals surface area contributed by atoms with Crippen LogP contribution < -0.4 is 10.6 Å². The Balaban J connectivity index is 1.64. The number of urea groups is 1. The first-order valence-corrected chi connectivity index (χ1v) is 11.1. The van der Waals surface area contributed by atoms with E-state index in [1.807, 2.05) is 29.2 Å². The Morgan fingerprint density at radius 1 is 1.18 bits per heavy atom. The first-order chi connectivity index (χ1) is 13.5. The molecule has 7 heteroatoms. The highest BCUT2D eigenvalue weighted by Crippen LogP contribution is 2.18. The highest BCUT2D eigenvalue weighted by atomic mass is 79.9. The number of nitrogens with one attached hydrogen (secondary N) is 2. The molecule has 0 bridgehead atoms. The van der Waals surface area contributed by atoms with Gasteiger partial charge in [0.05, 0.1) is 0 Å². The molecule has 0 aliphatic carbocycles. The van der Waals surface area contributed by atoms with Crippen LogP contribution in [0, 0.1) is 5.92 Å². The van der Waals surface area contributed by atoms with Crippen LogP contribution in [0.1, 0.15) is 38.7 Å². The van der Waals surface area contributed by atoms with Crippen LogP contribution in [0.5, 0.6) is 0 Å². The third-order valence-corrected chi connectivity index (χ3v) is 5.82.